The second-order valence-corrected chi connectivity index (χ2v) is 7.52. The number of piperazine rings is 1. The van der Waals surface area contributed by atoms with Crippen molar-refractivity contribution in [1.29, 1.82) is 5.26 Å². The van der Waals surface area contributed by atoms with Gasteiger partial charge in [0, 0.05) is 13.1 Å². The van der Waals surface area contributed by atoms with E-state index in [-0.39, 0.29) is 18.7 Å². The number of alkyl halides is 6. The first-order valence-corrected chi connectivity index (χ1v) is 10.1. The van der Waals surface area contributed by atoms with Crippen LogP contribution < -0.4 is 15.4 Å². The molecule has 1 aliphatic rings. The van der Waals surface area contributed by atoms with Crippen LogP contribution >= 0.6 is 0 Å². The minimum Gasteiger partial charge on any atom is -0.403 e. The summed E-state index contributed by atoms with van der Waals surface area (Å²) in [6.45, 7) is 1.52. The summed E-state index contributed by atoms with van der Waals surface area (Å²) in [6, 6.07) is 1.62. The van der Waals surface area contributed by atoms with Gasteiger partial charge in [0.05, 0.1) is 17.3 Å². The van der Waals surface area contributed by atoms with Crippen LogP contribution in [0, 0.1) is 17.1 Å². The fraction of sp³-hybridized carbons (Fsp3) is 0.333. The van der Waals surface area contributed by atoms with Gasteiger partial charge in [-0.05, 0) is 36.8 Å². The highest BCUT2D eigenvalue weighted by Gasteiger charge is 2.38. The summed E-state index contributed by atoms with van der Waals surface area (Å²) in [5.74, 6) is -3.22. The van der Waals surface area contributed by atoms with Crippen LogP contribution in [0.4, 0.5) is 35.5 Å². The molecule has 1 fully saturated rings. The molecule has 1 aliphatic heterocycles. The van der Waals surface area contributed by atoms with Crippen LogP contribution in [0.1, 0.15) is 35.5 Å². The Morgan fingerprint density at radius 1 is 1.25 bits per heavy atom. The molecule has 2 heterocycles. The van der Waals surface area contributed by atoms with Gasteiger partial charge in [-0.25, -0.2) is 14.2 Å². The molecule has 1 aromatic carbocycles. The normalized spacial score (nSPS) is 17.1. The first kappa shape index (κ1) is 26.5. The zero-order chi connectivity index (χ0) is 26.8. The van der Waals surface area contributed by atoms with E-state index < -0.39 is 65.1 Å². The van der Waals surface area contributed by atoms with Gasteiger partial charge in [0.1, 0.15) is 12.1 Å². The number of carbonyl (C=O) groups excluding carboxylic acids is 2. The molecule has 0 bridgehead atoms. The molecule has 2 atom stereocenters. The van der Waals surface area contributed by atoms with Gasteiger partial charge in [0.15, 0.2) is 17.3 Å². The largest absolute Gasteiger partial charge is 0.573 e. The SMILES string of the molecule is CC1C(=O)NCCN1C(=O)NC(c1ccc(OC(F)(F)F)c(F)c1)c1ccc(C#N)c(C(F)(F)F)n1. The average Bonchev–Trinajstić information content (AvgIpc) is 2.78. The number of amides is 3. The second kappa shape index (κ2) is 9.88. The molecule has 2 N–H and O–H groups in total. The van der Waals surface area contributed by atoms with Gasteiger partial charge in [0.2, 0.25) is 5.91 Å². The molecule has 192 valence electrons. The van der Waals surface area contributed by atoms with Crippen molar-refractivity contribution in [3.63, 3.8) is 0 Å². The van der Waals surface area contributed by atoms with E-state index >= 15 is 0 Å². The summed E-state index contributed by atoms with van der Waals surface area (Å²) in [7, 11) is 0. The topological polar surface area (TPSA) is 107 Å². The number of nitrogens with one attached hydrogen (secondary N) is 2. The summed E-state index contributed by atoms with van der Waals surface area (Å²) in [6.07, 6.45) is -10.3. The molecule has 36 heavy (non-hydrogen) atoms. The van der Waals surface area contributed by atoms with Gasteiger partial charge in [-0.2, -0.15) is 18.4 Å². The number of carbonyl (C=O) groups is 2. The van der Waals surface area contributed by atoms with Crippen molar-refractivity contribution in [2.45, 2.75) is 31.5 Å². The summed E-state index contributed by atoms with van der Waals surface area (Å²) in [5, 5.41) is 13.9. The Labute approximate surface area is 198 Å². The maximum Gasteiger partial charge on any atom is 0.573 e. The van der Waals surface area contributed by atoms with Crippen molar-refractivity contribution in [3.8, 4) is 11.8 Å². The number of hydrogen-bond donors (Lipinski definition) is 2. The molecule has 0 aliphatic carbocycles. The Balaban J connectivity index is 2.07. The molecular formula is C21H16F7N5O3. The minimum atomic E-state index is -5.21. The first-order chi connectivity index (χ1) is 16.7. The summed E-state index contributed by atoms with van der Waals surface area (Å²) < 4.78 is 95.8. The van der Waals surface area contributed by atoms with Gasteiger partial charge in [-0.3, -0.25) is 4.79 Å². The third-order valence-electron chi connectivity index (χ3n) is 5.14. The summed E-state index contributed by atoms with van der Waals surface area (Å²) >= 11 is 0. The Morgan fingerprint density at radius 2 is 1.94 bits per heavy atom. The Kier molecular flexibility index (Phi) is 7.27. The number of hydrogen-bond acceptors (Lipinski definition) is 5. The molecule has 2 aromatic rings. The highest BCUT2D eigenvalue weighted by atomic mass is 19.4. The van der Waals surface area contributed by atoms with E-state index in [0.717, 1.165) is 23.1 Å². The van der Waals surface area contributed by atoms with E-state index in [4.69, 9.17) is 5.26 Å². The predicted molar refractivity (Wildman–Crippen MR) is 107 cm³/mol. The lowest BCUT2D eigenvalue weighted by molar-refractivity contribution is -0.275. The second-order valence-electron chi connectivity index (χ2n) is 7.52. The standard InChI is InChI=1S/C21H16F7N5O3/c1-10-18(34)30-6-7-33(10)19(35)32-16(11-3-5-15(13(22)8-11)36-21(26,27)28)14-4-2-12(9-29)17(31-14)20(23,24)25/h2-5,8,10,16H,6-7H2,1H3,(H,30,34)(H,32,35). The summed E-state index contributed by atoms with van der Waals surface area (Å²) in [4.78, 5) is 29.3. The number of pyridine rings is 1. The highest BCUT2D eigenvalue weighted by molar-refractivity contribution is 5.88. The fourth-order valence-corrected chi connectivity index (χ4v) is 3.44. The zero-order valence-electron chi connectivity index (χ0n) is 18.2. The average molecular weight is 519 g/mol. The van der Waals surface area contributed by atoms with Crippen molar-refractivity contribution in [2.24, 2.45) is 0 Å². The number of ether oxygens (including phenoxy) is 1. The van der Waals surface area contributed by atoms with Gasteiger partial charge < -0.3 is 20.3 Å². The fourth-order valence-electron chi connectivity index (χ4n) is 3.44. The number of urea groups is 1. The van der Waals surface area contributed by atoms with E-state index in [9.17, 15) is 40.3 Å². The van der Waals surface area contributed by atoms with E-state index in [0.29, 0.717) is 12.1 Å². The lowest BCUT2D eigenvalue weighted by Crippen LogP contribution is -2.58. The van der Waals surface area contributed by atoms with Crippen molar-refractivity contribution in [1.82, 2.24) is 20.5 Å². The zero-order valence-corrected chi connectivity index (χ0v) is 18.2. The number of nitrogens with zero attached hydrogens (tertiary/aromatic N) is 3. The molecular weight excluding hydrogens is 503 g/mol. The first-order valence-electron chi connectivity index (χ1n) is 10.1. The van der Waals surface area contributed by atoms with Gasteiger partial charge in [-0.1, -0.05) is 6.07 Å². The van der Waals surface area contributed by atoms with Crippen LogP contribution in [-0.4, -0.2) is 47.3 Å². The van der Waals surface area contributed by atoms with E-state index in [1.54, 1.807) is 0 Å². The maximum atomic E-state index is 14.4. The number of benzene rings is 1. The van der Waals surface area contributed by atoms with Crippen molar-refractivity contribution >= 4 is 11.9 Å². The molecule has 1 saturated heterocycles. The Hall–Kier alpha value is -4.09. The van der Waals surface area contributed by atoms with Gasteiger partial charge in [-0.15, -0.1) is 13.2 Å². The monoisotopic (exact) mass is 519 g/mol. The predicted octanol–water partition coefficient (Wildman–Crippen LogP) is 3.63. The minimum absolute atomic E-state index is 0.0345. The smallest absolute Gasteiger partial charge is 0.403 e. The number of rotatable bonds is 4. The lowest BCUT2D eigenvalue weighted by atomic mass is 10.0. The van der Waals surface area contributed by atoms with Crippen LogP contribution in [0.15, 0.2) is 30.3 Å². The molecule has 8 nitrogen and oxygen atoms in total. The Bertz CT molecular complexity index is 1210. The molecule has 0 spiro atoms. The van der Waals surface area contributed by atoms with Crippen LogP contribution in [0.3, 0.4) is 0 Å². The molecule has 15 heteroatoms. The van der Waals surface area contributed by atoms with Crippen LogP contribution in [0.2, 0.25) is 0 Å². The van der Waals surface area contributed by atoms with Gasteiger partial charge >= 0.3 is 18.6 Å². The van der Waals surface area contributed by atoms with Crippen molar-refractivity contribution < 1.29 is 45.1 Å². The maximum absolute atomic E-state index is 14.4. The van der Waals surface area contributed by atoms with Crippen LogP contribution in [-0.2, 0) is 11.0 Å². The van der Waals surface area contributed by atoms with E-state index in [1.807, 2.05) is 0 Å². The van der Waals surface area contributed by atoms with Crippen molar-refractivity contribution in [2.75, 3.05) is 13.1 Å². The molecule has 1 aromatic heterocycles. The third-order valence-corrected chi connectivity index (χ3v) is 5.14. The summed E-state index contributed by atoms with van der Waals surface area (Å²) in [5.41, 5.74) is -3.18. The quantitative estimate of drug-likeness (QED) is 0.601. The molecule has 2 unspecified atom stereocenters. The van der Waals surface area contributed by atoms with Crippen molar-refractivity contribution in [3.05, 3.63) is 58.7 Å². The van der Waals surface area contributed by atoms with E-state index in [2.05, 4.69) is 20.4 Å². The number of aromatic nitrogens is 1. The third kappa shape index (κ3) is 5.93. The molecule has 3 rings (SSSR count). The molecule has 0 saturated carbocycles. The van der Waals surface area contributed by atoms with Gasteiger partial charge in [0.25, 0.3) is 0 Å². The number of nitriles is 1. The highest BCUT2D eigenvalue weighted by Crippen LogP contribution is 2.34. The molecule has 3 amide bonds. The molecule has 0 radical (unpaired) electrons. The number of halogens is 7. The van der Waals surface area contributed by atoms with E-state index in [1.165, 1.54) is 13.0 Å². The van der Waals surface area contributed by atoms with Crippen LogP contribution in [0.5, 0.6) is 5.75 Å². The van der Waals surface area contributed by atoms with Crippen LogP contribution in [0.25, 0.3) is 0 Å². The lowest BCUT2D eigenvalue weighted by Gasteiger charge is -2.34. The Morgan fingerprint density at radius 3 is 2.53 bits per heavy atom.